The quantitative estimate of drug-likeness (QED) is 0.733. The minimum Gasteiger partial charge on any atom is -0.489 e. The van der Waals surface area contributed by atoms with Gasteiger partial charge in [0.2, 0.25) is 5.91 Å². The summed E-state index contributed by atoms with van der Waals surface area (Å²) in [5.41, 5.74) is 0.340. The molecule has 24 heavy (non-hydrogen) atoms. The van der Waals surface area contributed by atoms with Crippen molar-refractivity contribution in [1.29, 1.82) is 0 Å². The van der Waals surface area contributed by atoms with Crippen molar-refractivity contribution < 1.29 is 23.5 Å². The molecule has 0 spiro atoms. The van der Waals surface area contributed by atoms with E-state index in [-0.39, 0.29) is 6.10 Å². The summed E-state index contributed by atoms with van der Waals surface area (Å²) < 4.78 is 24.7. The fraction of sp³-hybridized carbons (Fsp3) is 0.500. The molecule has 0 saturated carbocycles. The largest absolute Gasteiger partial charge is 0.489 e. The first-order valence-corrected chi connectivity index (χ1v) is 7.82. The average molecular weight is 339 g/mol. The summed E-state index contributed by atoms with van der Waals surface area (Å²) >= 11 is 0. The first-order chi connectivity index (χ1) is 11.5. The van der Waals surface area contributed by atoms with E-state index in [1.165, 1.54) is 25.2 Å². The van der Waals surface area contributed by atoms with E-state index < -0.39 is 23.8 Å². The highest BCUT2D eigenvalue weighted by atomic mass is 19.1. The van der Waals surface area contributed by atoms with Crippen molar-refractivity contribution in [1.82, 2.24) is 10.6 Å². The van der Waals surface area contributed by atoms with Gasteiger partial charge in [-0.25, -0.2) is 9.18 Å². The maximum Gasteiger partial charge on any atom is 0.321 e. The summed E-state index contributed by atoms with van der Waals surface area (Å²) in [6.07, 6.45) is 1.95. The highest BCUT2D eigenvalue weighted by molar-refractivity contribution is 5.98. The minimum atomic E-state index is -0.755. The van der Waals surface area contributed by atoms with Crippen LogP contribution in [0.15, 0.2) is 18.2 Å². The first kappa shape index (κ1) is 18.0. The van der Waals surface area contributed by atoms with Crippen molar-refractivity contribution in [2.24, 2.45) is 0 Å². The van der Waals surface area contributed by atoms with Crippen LogP contribution in [0.1, 0.15) is 19.8 Å². The molecule has 3 amide bonds. The van der Waals surface area contributed by atoms with Gasteiger partial charge in [-0.05, 0) is 31.9 Å². The van der Waals surface area contributed by atoms with E-state index in [0.717, 1.165) is 19.4 Å². The molecule has 1 aromatic carbocycles. The van der Waals surface area contributed by atoms with E-state index in [9.17, 15) is 14.0 Å². The number of amides is 3. The van der Waals surface area contributed by atoms with E-state index in [1.54, 1.807) is 6.92 Å². The summed E-state index contributed by atoms with van der Waals surface area (Å²) in [6.45, 7) is 2.64. The van der Waals surface area contributed by atoms with Crippen molar-refractivity contribution in [2.75, 3.05) is 25.6 Å². The molecule has 3 N–H and O–H groups in total. The number of imide groups is 1. The fourth-order valence-corrected chi connectivity index (χ4v) is 2.28. The van der Waals surface area contributed by atoms with Gasteiger partial charge in [-0.15, -0.1) is 0 Å². The summed E-state index contributed by atoms with van der Waals surface area (Å²) in [6, 6.07) is 2.66. The van der Waals surface area contributed by atoms with Gasteiger partial charge in [0.25, 0.3) is 0 Å². The molecule has 0 aliphatic carbocycles. The standard InChI is InChI=1S/C16H22FN3O4/c1-10(15(21)20-16(22)18-2)19-13-8-11(17)5-6-14(13)24-9-12-4-3-7-23-12/h5-6,8,10,12,19H,3-4,7,9H2,1-2H3,(H2,18,20,21,22)/t10-,12+/m1/s1. The van der Waals surface area contributed by atoms with Crippen molar-refractivity contribution in [3.63, 3.8) is 0 Å². The average Bonchev–Trinajstić information content (AvgIpc) is 3.07. The maximum atomic E-state index is 13.5. The molecule has 1 saturated heterocycles. The van der Waals surface area contributed by atoms with Gasteiger partial charge in [0.1, 0.15) is 24.2 Å². The van der Waals surface area contributed by atoms with E-state index in [0.29, 0.717) is 18.0 Å². The number of hydrogen-bond acceptors (Lipinski definition) is 5. The number of rotatable bonds is 6. The van der Waals surface area contributed by atoms with Gasteiger partial charge < -0.3 is 20.1 Å². The Bertz CT molecular complexity index is 591. The van der Waals surface area contributed by atoms with Crippen LogP contribution < -0.4 is 20.7 Å². The molecule has 0 bridgehead atoms. The summed E-state index contributed by atoms with van der Waals surface area (Å²) in [5.74, 6) is -0.573. The van der Waals surface area contributed by atoms with Crippen LogP contribution in [0.3, 0.4) is 0 Å². The number of urea groups is 1. The second-order valence-corrected chi connectivity index (χ2v) is 5.52. The van der Waals surface area contributed by atoms with Crippen molar-refractivity contribution in [3.8, 4) is 5.75 Å². The fourth-order valence-electron chi connectivity index (χ4n) is 2.28. The molecule has 1 heterocycles. The normalized spacial score (nSPS) is 17.9. The van der Waals surface area contributed by atoms with Gasteiger partial charge in [-0.2, -0.15) is 0 Å². The molecule has 1 aliphatic heterocycles. The van der Waals surface area contributed by atoms with Gasteiger partial charge >= 0.3 is 6.03 Å². The number of carbonyl (C=O) groups excluding carboxylic acids is 2. The monoisotopic (exact) mass is 339 g/mol. The Morgan fingerprint density at radius 3 is 2.92 bits per heavy atom. The van der Waals surface area contributed by atoms with Crippen molar-refractivity contribution >= 4 is 17.6 Å². The third kappa shape index (κ3) is 5.09. The third-order valence-electron chi connectivity index (χ3n) is 3.62. The molecule has 8 heteroatoms. The van der Waals surface area contributed by atoms with Gasteiger partial charge in [-0.3, -0.25) is 10.1 Å². The Hall–Kier alpha value is -2.35. The second-order valence-electron chi connectivity index (χ2n) is 5.52. The van der Waals surface area contributed by atoms with Crippen LogP contribution in [0.5, 0.6) is 5.75 Å². The van der Waals surface area contributed by atoms with E-state index >= 15 is 0 Å². The molecule has 1 fully saturated rings. The predicted octanol–water partition coefficient (Wildman–Crippen LogP) is 1.64. The number of carbonyl (C=O) groups is 2. The van der Waals surface area contributed by atoms with Gasteiger partial charge in [0.05, 0.1) is 11.8 Å². The Morgan fingerprint density at radius 1 is 1.46 bits per heavy atom. The molecular formula is C16H22FN3O4. The molecule has 0 radical (unpaired) electrons. The van der Waals surface area contributed by atoms with E-state index in [2.05, 4.69) is 16.0 Å². The van der Waals surface area contributed by atoms with Crippen LogP contribution in [0, 0.1) is 5.82 Å². The topological polar surface area (TPSA) is 88.7 Å². The van der Waals surface area contributed by atoms with Crippen LogP contribution in [0.25, 0.3) is 0 Å². The highest BCUT2D eigenvalue weighted by Gasteiger charge is 2.19. The summed E-state index contributed by atoms with van der Waals surface area (Å²) in [7, 11) is 1.41. The van der Waals surface area contributed by atoms with Gasteiger partial charge in [-0.1, -0.05) is 0 Å². The Balaban J connectivity index is 2.00. The lowest BCUT2D eigenvalue weighted by Crippen LogP contribution is -2.44. The SMILES string of the molecule is CNC(=O)NC(=O)[C@@H](C)Nc1cc(F)ccc1OC[C@@H]1CCCO1. The molecule has 0 aromatic heterocycles. The first-order valence-electron chi connectivity index (χ1n) is 7.82. The summed E-state index contributed by atoms with van der Waals surface area (Å²) in [5, 5.41) is 7.30. The maximum absolute atomic E-state index is 13.5. The van der Waals surface area contributed by atoms with Gasteiger partial charge in [0.15, 0.2) is 0 Å². The highest BCUT2D eigenvalue weighted by Crippen LogP contribution is 2.27. The molecule has 0 unspecified atom stereocenters. The van der Waals surface area contributed by atoms with Crippen LogP contribution in [-0.4, -0.2) is 44.3 Å². The Labute approximate surface area is 139 Å². The lowest BCUT2D eigenvalue weighted by atomic mass is 10.2. The van der Waals surface area contributed by atoms with Crippen LogP contribution >= 0.6 is 0 Å². The van der Waals surface area contributed by atoms with Crippen LogP contribution in [0.2, 0.25) is 0 Å². The van der Waals surface area contributed by atoms with Crippen molar-refractivity contribution in [2.45, 2.75) is 31.9 Å². The number of anilines is 1. The molecular weight excluding hydrogens is 317 g/mol. The zero-order valence-corrected chi connectivity index (χ0v) is 13.7. The van der Waals surface area contributed by atoms with Crippen molar-refractivity contribution in [3.05, 3.63) is 24.0 Å². The molecule has 2 rings (SSSR count). The minimum absolute atomic E-state index is 0.0249. The Kier molecular flexibility index (Phi) is 6.36. The lowest BCUT2D eigenvalue weighted by Gasteiger charge is -2.19. The second kappa shape index (κ2) is 8.49. The number of nitrogens with one attached hydrogen (secondary N) is 3. The number of hydrogen-bond donors (Lipinski definition) is 3. The number of benzene rings is 1. The zero-order valence-electron chi connectivity index (χ0n) is 13.7. The molecule has 2 atom stereocenters. The lowest BCUT2D eigenvalue weighted by molar-refractivity contribution is -0.120. The smallest absolute Gasteiger partial charge is 0.321 e. The number of halogens is 1. The summed E-state index contributed by atoms with van der Waals surface area (Å²) in [4.78, 5) is 23.1. The van der Waals surface area contributed by atoms with E-state index in [1.807, 2.05) is 0 Å². The zero-order chi connectivity index (χ0) is 17.5. The van der Waals surface area contributed by atoms with Gasteiger partial charge in [0, 0.05) is 19.7 Å². The molecule has 7 nitrogen and oxygen atoms in total. The molecule has 1 aromatic rings. The van der Waals surface area contributed by atoms with Crippen LogP contribution in [-0.2, 0) is 9.53 Å². The molecule has 1 aliphatic rings. The predicted molar refractivity (Wildman–Crippen MR) is 86.6 cm³/mol. The Morgan fingerprint density at radius 2 is 2.25 bits per heavy atom. The van der Waals surface area contributed by atoms with E-state index in [4.69, 9.17) is 9.47 Å². The number of ether oxygens (including phenoxy) is 2. The third-order valence-corrected chi connectivity index (χ3v) is 3.62. The molecule has 132 valence electrons. The van der Waals surface area contributed by atoms with Crippen LogP contribution in [0.4, 0.5) is 14.9 Å².